The van der Waals surface area contributed by atoms with Crippen LogP contribution in [0.4, 0.5) is 17.6 Å². The summed E-state index contributed by atoms with van der Waals surface area (Å²) in [5, 5.41) is 4.37. The van der Waals surface area contributed by atoms with Crippen molar-refractivity contribution in [2.45, 2.75) is 31.7 Å². The van der Waals surface area contributed by atoms with E-state index in [9.17, 15) is 4.79 Å². The standard InChI is InChI=1S/C18H18Cl3N7O/c19-9-5-11(20)14(12(21)6-9)26-18-25-13-7-24-17(23)27-16(13)28(18)10-3-1-8(2-4-10)15(22)29/h5-8,10H,1-4H2,(H2,22,29)(H,25,26)(H2,23,24,27). The van der Waals surface area contributed by atoms with Crippen molar-refractivity contribution in [1.29, 1.82) is 0 Å². The van der Waals surface area contributed by atoms with Crippen molar-refractivity contribution < 1.29 is 4.79 Å². The van der Waals surface area contributed by atoms with Gasteiger partial charge in [-0.05, 0) is 37.8 Å². The fourth-order valence-electron chi connectivity index (χ4n) is 3.73. The van der Waals surface area contributed by atoms with Crippen LogP contribution in [0.3, 0.4) is 0 Å². The molecule has 1 aliphatic carbocycles. The molecule has 5 N–H and O–H groups in total. The summed E-state index contributed by atoms with van der Waals surface area (Å²) in [4.78, 5) is 24.5. The first kappa shape index (κ1) is 20.0. The Morgan fingerprint density at radius 3 is 2.38 bits per heavy atom. The summed E-state index contributed by atoms with van der Waals surface area (Å²) in [5.41, 5.74) is 13.0. The van der Waals surface area contributed by atoms with Crippen LogP contribution in [0.1, 0.15) is 31.7 Å². The van der Waals surface area contributed by atoms with Crippen LogP contribution < -0.4 is 16.8 Å². The highest BCUT2D eigenvalue weighted by molar-refractivity contribution is 6.41. The number of nitrogen functional groups attached to an aromatic ring is 1. The first-order valence-corrected chi connectivity index (χ1v) is 10.2. The van der Waals surface area contributed by atoms with Gasteiger partial charge in [-0.15, -0.1) is 0 Å². The van der Waals surface area contributed by atoms with Crippen LogP contribution >= 0.6 is 34.8 Å². The number of fused-ring (bicyclic) bond motifs is 1. The lowest BCUT2D eigenvalue weighted by Gasteiger charge is -2.29. The highest BCUT2D eigenvalue weighted by Gasteiger charge is 2.29. The number of nitrogens with zero attached hydrogens (tertiary/aromatic N) is 4. The molecule has 0 unspecified atom stereocenters. The number of imidazole rings is 1. The predicted molar refractivity (Wildman–Crippen MR) is 115 cm³/mol. The Morgan fingerprint density at radius 1 is 1.10 bits per heavy atom. The number of halogens is 3. The zero-order chi connectivity index (χ0) is 20.7. The Bertz CT molecular complexity index is 1070. The summed E-state index contributed by atoms with van der Waals surface area (Å²) < 4.78 is 1.96. The number of primary amides is 1. The topological polar surface area (TPSA) is 125 Å². The van der Waals surface area contributed by atoms with Crippen LogP contribution in [0.15, 0.2) is 18.3 Å². The minimum atomic E-state index is -0.261. The summed E-state index contributed by atoms with van der Waals surface area (Å²) in [6, 6.07) is 3.25. The molecule has 1 saturated carbocycles. The third-order valence-corrected chi connectivity index (χ3v) is 5.97. The molecule has 152 valence electrons. The number of amides is 1. The van der Waals surface area contributed by atoms with Gasteiger partial charge in [0.25, 0.3) is 0 Å². The first-order valence-electron chi connectivity index (χ1n) is 9.05. The summed E-state index contributed by atoms with van der Waals surface area (Å²) in [6.45, 7) is 0. The van der Waals surface area contributed by atoms with E-state index in [2.05, 4.69) is 20.3 Å². The van der Waals surface area contributed by atoms with E-state index in [-0.39, 0.29) is 23.8 Å². The van der Waals surface area contributed by atoms with Crippen LogP contribution in [0.2, 0.25) is 15.1 Å². The van der Waals surface area contributed by atoms with E-state index in [1.165, 1.54) is 0 Å². The number of aromatic nitrogens is 4. The minimum absolute atomic E-state index is 0.0530. The maximum Gasteiger partial charge on any atom is 0.222 e. The van der Waals surface area contributed by atoms with Crippen LogP contribution in [-0.4, -0.2) is 25.4 Å². The molecule has 0 atom stereocenters. The van der Waals surface area contributed by atoms with E-state index in [0.717, 1.165) is 12.8 Å². The summed E-state index contributed by atoms with van der Waals surface area (Å²) in [6.07, 6.45) is 4.46. The van der Waals surface area contributed by atoms with Gasteiger partial charge < -0.3 is 16.8 Å². The molecule has 3 aromatic rings. The fraction of sp³-hybridized carbons (Fsp3) is 0.333. The number of nitrogens with one attached hydrogen (secondary N) is 1. The normalized spacial score (nSPS) is 19.4. The molecular weight excluding hydrogens is 437 g/mol. The van der Waals surface area contributed by atoms with E-state index < -0.39 is 0 Å². The van der Waals surface area contributed by atoms with Crippen molar-refractivity contribution in [3.8, 4) is 0 Å². The second-order valence-electron chi connectivity index (χ2n) is 7.02. The Balaban J connectivity index is 1.77. The molecule has 2 aromatic heterocycles. The molecular formula is C18H18Cl3N7O. The number of hydrogen-bond donors (Lipinski definition) is 3. The number of benzene rings is 1. The molecule has 29 heavy (non-hydrogen) atoms. The summed E-state index contributed by atoms with van der Waals surface area (Å²) in [5.74, 6) is 0.285. The Kier molecular flexibility index (Phi) is 5.42. The minimum Gasteiger partial charge on any atom is -0.369 e. The predicted octanol–water partition coefficient (Wildman–Crippen LogP) is 4.33. The van der Waals surface area contributed by atoms with Crippen LogP contribution in [0, 0.1) is 5.92 Å². The monoisotopic (exact) mass is 453 g/mol. The molecule has 4 rings (SSSR count). The number of rotatable bonds is 4. The number of nitrogens with two attached hydrogens (primary N) is 2. The van der Waals surface area contributed by atoms with Crippen molar-refractivity contribution in [3.63, 3.8) is 0 Å². The van der Waals surface area contributed by atoms with E-state index in [1.807, 2.05) is 4.57 Å². The lowest BCUT2D eigenvalue weighted by molar-refractivity contribution is -0.122. The smallest absolute Gasteiger partial charge is 0.222 e. The lowest BCUT2D eigenvalue weighted by atomic mass is 9.85. The molecule has 0 spiro atoms. The zero-order valence-corrected chi connectivity index (χ0v) is 17.5. The molecule has 2 heterocycles. The SMILES string of the molecule is NC(=O)C1CCC(n2c(Nc3c(Cl)cc(Cl)cc3Cl)nc3cnc(N)nc32)CC1. The largest absolute Gasteiger partial charge is 0.369 e. The molecule has 0 radical (unpaired) electrons. The second-order valence-corrected chi connectivity index (χ2v) is 8.27. The second kappa shape index (κ2) is 7.85. The molecule has 0 saturated heterocycles. The van der Waals surface area contributed by atoms with Crippen molar-refractivity contribution >= 4 is 69.5 Å². The Labute approximate surface area is 181 Å². The average molecular weight is 455 g/mol. The molecule has 1 aliphatic rings. The van der Waals surface area contributed by atoms with E-state index in [0.29, 0.717) is 50.7 Å². The van der Waals surface area contributed by atoms with Gasteiger partial charge in [-0.25, -0.2) is 9.97 Å². The average Bonchev–Trinajstić information content (AvgIpc) is 3.01. The van der Waals surface area contributed by atoms with Gasteiger partial charge in [0.05, 0.1) is 21.9 Å². The number of carbonyl (C=O) groups excluding carboxylic acids is 1. The van der Waals surface area contributed by atoms with Gasteiger partial charge in [0.15, 0.2) is 5.65 Å². The number of anilines is 3. The van der Waals surface area contributed by atoms with Gasteiger partial charge in [-0.1, -0.05) is 34.8 Å². The third-order valence-electron chi connectivity index (χ3n) is 5.16. The maximum atomic E-state index is 11.5. The summed E-state index contributed by atoms with van der Waals surface area (Å²) in [7, 11) is 0. The third kappa shape index (κ3) is 3.92. The van der Waals surface area contributed by atoms with E-state index >= 15 is 0 Å². The molecule has 1 amide bonds. The van der Waals surface area contributed by atoms with Crippen molar-refractivity contribution in [3.05, 3.63) is 33.4 Å². The fourth-order valence-corrected chi connectivity index (χ4v) is 4.64. The zero-order valence-electron chi connectivity index (χ0n) is 15.2. The van der Waals surface area contributed by atoms with Gasteiger partial charge in [-0.2, -0.15) is 4.98 Å². The molecule has 1 fully saturated rings. The van der Waals surface area contributed by atoms with Crippen LogP contribution in [0.5, 0.6) is 0 Å². The molecule has 11 heteroatoms. The van der Waals surface area contributed by atoms with Gasteiger partial charge >= 0.3 is 0 Å². The lowest BCUT2D eigenvalue weighted by Crippen LogP contribution is -2.28. The number of hydrogen-bond acceptors (Lipinski definition) is 6. The Hall–Kier alpha value is -2.29. The maximum absolute atomic E-state index is 11.5. The molecule has 0 bridgehead atoms. The quantitative estimate of drug-likeness (QED) is 0.539. The van der Waals surface area contributed by atoms with Gasteiger partial charge in [0.1, 0.15) is 5.52 Å². The van der Waals surface area contributed by atoms with Crippen molar-refractivity contribution in [1.82, 2.24) is 19.5 Å². The summed E-state index contributed by atoms with van der Waals surface area (Å²) >= 11 is 18.7. The van der Waals surface area contributed by atoms with Gasteiger partial charge in [-0.3, -0.25) is 9.36 Å². The molecule has 1 aromatic carbocycles. The highest BCUT2D eigenvalue weighted by atomic mass is 35.5. The van der Waals surface area contributed by atoms with Crippen LogP contribution in [-0.2, 0) is 4.79 Å². The highest BCUT2D eigenvalue weighted by Crippen LogP contribution is 2.39. The van der Waals surface area contributed by atoms with Crippen molar-refractivity contribution in [2.24, 2.45) is 11.7 Å². The Morgan fingerprint density at radius 2 is 1.76 bits per heavy atom. The number of carbonyl (C=O) groups is 1. The van der Waals surface area contributed by atoms with Gasteiger partial charge in [0.2, 0.25) is 17.8 Å². The van der Waals surface area contributed by atoms with E-state index in [1.54, 1.807) is 18.3 Å². The van der Waals surface area contributed by atoms with Crippen molar-refractivity contribution in [2.75, 3.05) is 11.1 Å². The van der Waals surface area contributed by atoms with E-state index in [4.69, 9.17) is 46.3 Å². The molecule has 0 aliphatic heterocycles. The molecule has 8 nitrogen and oxygen atoms in total. The first-order chi connectivity index (χ1) is 13.8. The van der Waals surface area contributed by atoms with Gasteiger partial charge in [0, 0.05) is 17.0 Å². The van der Waals surface area contributed by atoms with Crippen LogP contribution in [0.25, 0.3) is 11.2 Å².